The molecule has 1 atom stereocenters. The second-order valence-corrected chi connectivity index (χ2v) is 9.02. The van der Waals surface area contributed by atoms with Gasteiger partial charge in [-0.25, -0.2) is 0 Å². The van der Waals surface area contributed by atoms with Gasteiger partial charge < -0.3 is 14.2 Å². The quantitative estimate of drug-likeness (QED) is 0.155. The molecule has 0 saturated heterocycles. The van der Waals surface area contributed by atoms with Crippen molar-refractivity contribution in [1.82, 2.24) is 0 Å². The minimum Gasteiger partial charge on any atom is -0.460 e. The minimum atomic E-state index is -4.11. The summed E-state index contributed by atoms with van der Waals surface area (Å²) in [5.74, 6) is -0.962. The van der Waals surface area contributed by atoms with Crippen LogP contribution in [0.15, 0.2) is 0 Å². The van der Waals surface area contributed by atoms with Gasteiger partial charge in [-0.1, -0.05) is 77.6 Å². The average molecular weight is 439 g/mol. The topological polar surface area (TPSA) is 99.1 Å². The molecule has 7 nitrogen and oxygen atoms in total. The lowest BCUT2D eigenvalue weighted by Gasteiger charge is -2.13. The zero-order valence-corrected chi connectivity index (χ0v) is 19.2. The molecule has 0 aromatic rings. The van der Waals surface area contributed by atoms with E-state index < -0.39 is 16.1 Å². The number of hydrogen-bond donors (Lipinski definition) is 1. The summed E-state index contributed by atoms with van der Waals surface area (Å²) in [6.45, 7) is 4.42. The van der Waals surface area contributed by atoms with Crippen LogP contribution in [0.1, 0.15) is 97.3 Å². The van der Waals surface area contributed by atoms with E-state index in [4.69, 9.17) is 18.8 Å². The van der Waals surface area contributed by atoms with Gasteiger partial charge in [-0.05, 0) is 13.3 Å². The molecule has 0 spiro atoms. The van der Waals surface area contributed by atoms with E-state index in [0.717, 1.165) is 12.8 Å². The van der Waals surface area contributed by atoms with Gasteiger partial charge in [0.05, 0.1) is 19.8 Å². The molecule has 0 aliphatic carbocycles. The van der Waals surface area contributed by atoms with Gasteiger partial charge in [0, 0.05) is 6.42 Å². The van der Waals surface area contributed by atoms with Crippen LogP contribution < -0.4 is 0 Å². The third-order valence-electron chi connectivity index (χ3n) is 4.52. The Morgan fingerprint density at radius 1 is 0.828 bits per heavy atom. The van der Waals surface area contributed by atoms with Crippen LogP contribution in [-0.2, 0) is 29.1 Å². The van der Waals surface area contributed by atoms with Crippen molar-refractivity contribution in [3.63, 3.8) is 0 Å². The van der Waals surface area contributed by atoms with E-state index >= 15 is 0 Å². The fraction of sp³-hybridized carbons (Fsp3) is 0.952. The molecular weight excluding hydrogens is 396 g/mol. The number of unbranched alkanes of at least 4 members (excludes halogenated alkanes) is 11. The van der Waals surface area contributed by atoms with Crippen LogP contribution in [0.2, 0.25) is 0 Å². The normalized spacial score (nSPS) is 12.8. The Balaban J connectivity index is 3.37. The van der Waals surface area contributed by atoms with Crippen LogP contribution in [0.4, 0.5) is 0 Å². The molecule has 0 aliphatic rings. The SMILES string of the molecule is CCCCCCCCCCCCCCC(=O)OC(C)COCCOCS(=O)(=O)O. The zero-order chi connectivity index (χ0) is 21.8. The number of ether oxygens (including phenoxy) is 3. The van der Waals surface area contributed by atoms with Gasteiger partial charge in [-0.15, -0.1) is 0 Å². The van der Waals surface area contributed by atoms with Crippen molar-refractivity contribution < 1.29 is 32.0 Å². The molecule has 29 heavy (non-hydrogen) atoms. The number of carbonyl (C=O) groups excluding carboxylic acids is 1. The standard InChI is InChI=1S/C21H42O7S/c1-3-4-5-6-7-8-9-10-11-12-13-14-15-21(22)28-20(2)18-26-16-17-27-19-29(23,24)25/h20H,3-19H2,1-2H3,(H,23,24,25). The van der Waals surface area contributed by atoms with Crippen LogP contribution in [-0.4, -0.2) is 50.8 Å². The van der Waals surface area contributed by atoms with Crippen LogP contribution in [0.5, 0.6) is 0 Å². The fourth-order valence-corrected chi connectivity index (χ4v) is 3.29. The molecule has 1 unspecified atom stereocenters. The fourth-order valence-electron chi connectivity index (χ4n) is 2.96. The van der Waals surface area contributed by atoms with Crippen LogP contribution in [0, 0.1) is 0 Å². The maximum atomic E-state index is 11.8. The first-order valence-electron chi connectivity index (χ1n) is 11.1. The molecule has 0 saturated carbocycles. The first-order chi connectivity index (χ1) is 13.8. The van der Waals surface area contributed by atoms with Gasteiger partial charge in [0.1, 0.15) is 6.10 Å². The molecule has 0 aromatic carbocycles. The Hall–Kier alpha value is -0.700. The van der Waals surface area contributed by atoms with E-state index in [0.29, 0.717) is 6.42 Å². The van der Waals surface area contributed by atoms with Gasteiger partial charge in [0.25, 0.3) is 10.1 Å². The smallest absolute Gasteiger partial charge is 0.306 e. The van der Waals surface area contributed by atoms with E-state index in [2.05, 4.69) is 6.92 Å². The summed E-state index contributed by atoms with van der Waals surface area (Å²) < 4.78 is 44.6. The van der Waals surface area contributed by atoms with Crippen molar-refractivity contribution in [3.05, 3.63) is 0 Å². The largest absolute Gasteiger partial charge is 0.460 e. The van der Waals surface area contributed by atoms with Crippen molar-refractivity contribution >= 4 is 16.1 Å². The van der Waals surface area contributed by atoms with Crippen LogP contribution >= 0.6 is 0 Å². The summed E-state index contributed by atoms with van der Waals surface area (Å²) in [6, 6.07) is 0. The number of carbonyl (C=O) groups is 1. The van der Waals surface area contributed by atoms with E-state index in [1.54, 1.807) is 6.92 Å². The molecule has 0 aromatic heterocycles. The molecule has 0 amide bonds. The third kappa shape index (κ3) is 23.4. The summed E-state index contributed by atoms with van der Waals surface area (Å²) in [4.78, 5) is 11.8. The molecule has 0 radical (unpaired) electrons. The highest BCUT2D eigenvalue weighted by atomic mass is 32.2. The first kappa shape index (κ1) is 28.3. The summed E-state index contributed by atoms with van der Waals surface area (Å²) in [5, 5.41) is 0. The number of esters is 1. The van der Waals surface area contributed by atoms with Crippen molar-refractivity contribution in [2.24, 2.45) is 0 Å². The Morgan fingerprint density at radius 3 is 1.83 bits per heavy atom. The second kappa shape index (κ2) is 19.3. The Bertz CT molecular complexity index is 479. The van der Waals surface area contributed by atoms with Gasteiger partial charge in [0.2, 0.25) is 0 Å². The lowest BCUT2D eigenvalue weighted by molar-refractivity contribution is -0.151. The first-order valence-corrected chi connectivity index (χ1v) is 12.8. The lowest BCUT2D eigenvalue weighted by Crippen LogP contribution is -2.21. The summed E-state index contributed by atoms with van der Waals surface area (Å²) in [7, 11) is -4.11. The molecule has 0 heterocycles. The average Bonchev–Trinajstić information content (AvgIpc) is 2.64. The molecule has 1 N–H and O–H groups in total. The third-order valence-corrected chi connectivity index (χ3v) is 4.99. The van der Waals surface area contributed by atoms with Gasteiger partial charge in [-0.3, -0.25) is 9.35 Å². The van der Waals surface area contributed by atoms with E-state index in [1.807, 2.05) is 0 Å². The van der Waals surface area contributed by atoms with Crippen molar-refractivity contribution in [2.45, 2.75) is 103 Å². The molecule has 0 bridgehead atoms. The molecular formula is C21H42O7S. The number of rotatable bonds is 21. The van der Waals surface area contributed by atoms with Gasteiger partial charge >= 0.3 is 5.97 Å². The van der Waals surface area contributed by atoms with Crippen molar-refractivity contribution in [1.29, 1.82) is 0 Å². The number of hydrogen-bond acceptors (Lipinski definition) is 6. The maximum absolute atomic E-state index is 11.8. The highest BCUT2D eigenvalue weighted by Crippen LogP contribution is 2.12. The molecule has 0 rings (SSSR count). The maximum Gasteiger partial charge on any atom is 0.306 e. The van der Waals surface area contributed by atoms with Gasteiger partial charge in [0.15, 0.2) is 5.94 Å². The van der Waals surface area contributed by atoms with Gasteiger partial charge in [-0.2, -0.15) is 8.42 Å². The zero-order valence-electron chi connectivity index (χ0n) is 18.4. The minimum absolute atomic E-state index is 0.0410. The molecule has 8 heteroatoms. The van der Waals surface area contributed by atoms with E-state index in [9.17, 15) is 13.2 Å². The monoisotopic (exact) mass is 438 g/mol. The Labute approximate surface area is 177 Å². The summed E-state index contributed by atoms with van der Waals surface area (Å²) >= 11 is 0. The van der Waals surface area contributed by atoms with Crippen molar-refractivity contribution in [3.8, 4) is 0 Å². The second-order valence-electron chi connectivity index (χ2n) is 7.62. The lowest BCUT2D eigenvalue weighted by atomic mass is 10.0. The van der Waals surface area contributed by atoms with E-state index in [1.165, 1.54) is 64.2 Å². The molecule has 0 fully saturated rings. The molecule has 174 valence electrons. The van der Waals surface area contributed by atoms with E-state index in [-0.39, 0.29) is 31.9 Å². The van der Waals surface area contributed by atoms with Crippen LogP contribution in [0.25, 0.3) is 0 Å². The highest BCUT2D eigenvalue weighted by Gasteiger charge is 2.10. The Kier molecular flexibility index (Phi) is 18.8. The van der Waals surface area contributed by atoms with Crippen molar-refractivity contribution in [2.75, 3.05) is 25.8 Å². The molecule has 0 aliphatic heterocycles. The predicted molar refractivity (Wildman–Crippen MR) is 114 cm³/mol. The van der Waals surface area contributed by atoms with Crippen LogP contribution in [0.3, 0.4) is 0 Å². The predicted octanol–water partition coefficient (Wildman–Crippen LogP) is 4.89. The Morgan fingerprint density at radius 2 is 1.31 bits per heavy atom. The summed E-state index contributed by atoms with van der Waals surface area (Å²) in [5.41, 5.74) is 0. The summed E-state index contributed by atoms with van der Waals surface area (Å²) in [6.07, 6.45) is 15.2. The highest BCUT2D eigenvalue weighted by molar-refractivity contribution is 7.85.